The molecule has 3 N–H and O–H groups in total. The number of esters is 1. The predicted molar refractivity (Wildman–Crippen MR) is 121 cm³/mol. The molecule has 8 nitrogen and oxygen atoms in total. The highest BCUT2D eigenvalue weighted by atomic mass is 16.5. The molecule has 3 atom stereocenters. The zero-order valence-electron chi connectivity index (χ0n) is 18.7. The van der Waals surface area contributed by atoms with Gasteiger partial charge in [0.15, 0.2) is 6.04 Å². The summed E-state index contributed by atoms with van der Waals surface area (Å²) < 4.78 is 11.3. The Morgan fingerprint density at radius 1 is 1.06 bits per heavy atom. The molecule has 8 heteroatoms. The minimum Gasteiger partial charge on any atom is -0.459 e. The molecule has 1 fully saturated rings. The van der Waals surface area contributed by atoms with E-state index < -0.39 is 36.0 Å². The van der Waals surface area contributed by atoms with Gasteiger partial charge in [0.05, 0.1) is 24.7 Å². The fraction of sp³-hybridized carbons (Fsp3) is 0.400. The van der Waals surface area contributed by atoms with Crippen LogP contribution in [0.4, 0.5) is 0 Å². The maximum absolute atomic E-state index is 13.2. The van der Waals surface area contributed by atoms with Crippen molar-refractivity contribution in [3.8, 4) is 0 Å². The molecule has 1 heterocycles. The third-order valence-corrected chi connectivity index (χ3v) is 5.80. The summed E-state index contributed by atoms with van der Waals surface area (Å²) in [5.41, 5.74) is 0.437. The number of hydrogen-bond acceptors (Lipinski definition) is 6. The van der Waals surface area contributed by atoms with Crippen molar-refractivity contribution in [3.05, 3.63) is 71.8 Å². The first kappa shape index (κ1) is 24.4. The molecular weight excluding hydrogens is 424 g/mol. The topological polar surface area (TPSA) is 114 Å². The minimum absolute atomic E-state index is 0.0466. The second kappa shape index (κ2) is 11.6. The van der Waals surface area contributed by atoms with Crippen LogP contribution in [0.1, 0.15) is 30.9 Å². The lowest BCUT2D eigenvalue weighted by atomic mass is 9.78. The Morgan fingerprint density at radius 2 is 1.67 bits per heavy atom. The van der Waals surface area contributed by atoms with Crippen molar-refractivity contribution < 1.29 is 29.0 Å². The van der Waals surface area contributed by atoms with Crippen LogP contribution >= 0.6 is 0 Å². The Bertz CT molecular complexity index is 936. The second-order valence-corrected chi connectivity index (χ2v) is 8.26. The van der Waals surface area contributed by atoms with E-state index in [1.165, 1.54) is 0 Å². The smallest absolute Gasteiger partial charge is 0.331 e. The van der Waals surface area contributed by atoms with E-state index in [0.717, 1.165) is 11.1 Å². The summed E-state index contributed by atoms with van der Waals surface area (Å²) >= 11 is 0. The quantitative estimate of drug-likeness (QED) is 0.471. The summed E-state index contributed by atoms with van der Waals surface area (Å²) in [5.74, 6) is -1.54. The lowest BCUT2D eigenvalue weighted by Gasteiger charge is -2.35. The molecule has 3 rings (SSSR count). The molecule has 0 radical (unpaired) electrons. The van der Waals surface area contributed by atoms with E-state index in [-0.39, 0.29) is 38.5 Å². The average molecular weight is 455 g/mol. The van der Waals surface area contributed by atoms with Crippen LogP contribution in [0.2, 0.25) is 0 Å². The number of piperidine rings is 1. The number of ether oxygens (including phenoxy) is 2. The zero-order valence-corrected chi connectivity index (χ0v) is 18.7. The molecule has 1 aliphatic heterocycles. The van der Waals surface area contributed by atoms with Crippen LogP contribution in [0, 0.1) is 5.41 Å². The first-order valence-electron chi connectivity index (χ1n) is 11.0. The number of nitrogens with one attached hydrogen (secondary N) is 2. The van der Waals surface area contributed by atoms with Gasteiger partial charge in [0.25, 0.3) is 0 Å². The van der Waals surface area contributed by atoms with Gasteiger partial charge in [0.2, 0.25) is 11.8 Å². The summed E-state index contributed by atoms with van der Waals surface area (Å²) in [7, 11) is 0. The molecule has 2 amide bonds. The van der Waals surface area contributed by atoms with E-state index in [0.29, 0.717) is 0 Å². The van der Waals surface area contributed by atoms with Crippen LogP contribution < -0.4 is 10.6 Å². The lowest BCUT2D eigenvalue weighted by molar-refractivity contribution is -0.156. The maximum Gasteiger partial charge on any atom is 0.331 e. The van der Waals surface area contributed by atoms with Crippen molar-refractivity contribution in [2.45, 2.75) is 45.1 Å². The number of carbonyl (C=O) groups excluding carboxylic acids is 3. The van der Waals surface area contributed by atoms with E-state index in [2.05, 4.69) is 10.6 Å². The maximum atomic E-state index is 13.2. The number of benzene rings is 2. The van der Waals surface area contributed by atoms with E-state index >= 15 is 0 Å². The van der Waals surface area contributed by atoms with Crippen LogP contribution in [0.15, 0.2) is 60.7 Å². The first-order chi connectivity index (χ1) is 15.9. The minimum atomic E-state index is -1.29. The molecule has 3 unspecified atom stereocenters. The zero-order chi connectivity index (χ0) is 23.7. The standard InChI is InChI=1S/C25H30N2O6/c1-18(32-15-19-8-4-2-5-9-19)22(23(30)33-16-20-10-6-3-7-11-20)27-24(31)25(17-28)12-13-26-21(29)14-25/h2-11,18,22,28H,12-17H2,1H3,(H,26,29)(H,27,31). The Balaban J connectivity index is 1.72. The highest BCUT2D eigenvalue weighted by Gasteiger charge is 2.44. The van der Waals surface area contributed by atoms with Crippen LogP contribution in [-0.4, -0.2) is 48.2 Å². The fourth-order valence-electron chi connectivity index (χ4n) is 3.68. The normalized spacial score (nSPS) is 19.8. The molecule has 0 spiro atoms. The van der Waals surface area contributed by atoms with E-state index in [4.69, 9.17) is 9.47 Å². The highest BCUT2D eigenvalue weighted by molar-refractivity contribution is 5.92. The van der Waals surface area contributed by atoms with Gasteiger partial charge < -0.3 is 25.2 Å². The van der Waals surface area contributed by atoms with Gasteiger partial charge in [-0.05, 0) is 24.5 Å². The van der Waals surface area contributed by atoms with Crippen LogP contribution in [-0.2, 0) is 37.1 Å². The van der Waals surface area contributed by atoms with E-state index in [1.54, 1.807) is 6.92 Å². The van der Waals surface area contributed by atoms with Crippen LogP contribution in [0.5, 0.6) is 0 Å². The number of rotatable bonds is 10. The molecule has 2 aromatic carbocycles. The SMILES string of the molecule is CC(OCc1ccccc1)C(NC(=O)C1(CO)CCNC(=O)C1)C(=O)OCc1ccccc1. The van der Waals surface area contributed by atoms with Gasteiger partial charge in [-0.3, -0.25) is 9.59 Å². The van der Waals surface area contributed by atoms with Crippen molar-refractivity contribution in [2.75, 3.05) is 13.2 Å². The van der Waals surface area contributed by atoms with Crippen LogP contribution in [0.3, 0.4) is 0 Å². The number of aliphatic hydroxyl groups excluding tert-OH is 1. The van der Waals surface area contributed by atoms with Crippen LogP contribution in [0.25, 0.3) is 0 Å². The molecule has 1 aliphatic rings. The second-order valence-electron chi connectivity index (χ2n) is 8.26. The summed E-state index contributed by atoms with van der Waals surface area (Å²) in [6, 6.07) is 17.6. The Labute approximate surface area is 193 Å². The molecule has 0 aliphatic carbocycles. The molecule has 2 aromatic rings. The largest absolute Gasteiger partial charge is 0.459 e. The van der Waals surface area contributed by atoms with E-state index in [9.17, 15) is 19.5 Å². The highest BCUT2D eigenvalue weighted by Crippen LogP contribution is 2.29. The average Bonchev–Trinajstić information content (AvgIpc) is 2.85. The lowest BCUT2D eigenvalue weighted by Crippen LogP contribution is -2.57. The molecule has 1 saturated heterocycles. The summed E-state index contributed by atoms with van der Waals surface area (Å²) in [4.78, 5) is 38.0. The molecular formula is C25H30N2O6. The molecule has 0 aromatic heterocycles. The summed E-state index contributed by atoms with van der Waals surface area (Å²) in [5, 5.41) is 15.3. The molecule has 0 saturated carbocycles. The van der Waals surface area contributed by atoms with Crippen molar-refractivity contribution in [3.63, 3.8) is 0 Å². The third kappa shape index (κ3) is 6.63. The van der Waals surface area contributed by atoms with Crippen molar-refractivity contribution in [2.24, 2.45) is 5.41 Å². The molecule has 33 heavy (non-hydrogen) atoms. The third-order valence-electron chi connectivity index (χ3n) is 5.80. The van der Waals surface area contributed by atoms with Crippen molar-refractivity contribution in [1.82, 2.24) is 10.6 Å². The van der Waals surface area contributed by atoms with Gasteiger partial charge in [-0.15, -0.1) is 0 Å². The predicted octanol–water partition coefficient (Wildman–Crippen LogP) is 1.71. The summed E-state index contributed by atoms with van der Waals surface area (Å²) in [6.45, 7) is 1.74. The van der Waals surface area contributed by atoms with Gasteiger partial charge in [0, 0.05) is 13.0 Å². The number of aliphatic hydroxyl groups is 1. The Hall–Kier alpha value is -3.23. The summed E-state index contributed by atoms with van der Waals surface area (Å²) in [6.07, 6.45) is -0.600. The first-order valence-corrected chi connectivity index (χ1v) is 11.0. The molecule has 0 bridgehead atoms. The van der Waals surface area contributed by atoms with E-state index in [1.807, 2.05) is 60.7 Å². The fourth-order valence-corrected chi connectivity index (χ4v) is 3.68. The van der Waals surface area contributed by atoms with Gasteiger partial charge in [0.1, 0.15) is 6.61 Å². The Kier molecular flexibility index (Phi) is 8.57. The number of hydrogen-bond donors (Lipinski definition) is 3. The van der Waals surface area contributed by atoms with Crippen molar-refractivity contribution in [1.29, 1.82) is 0 Å². The number of amides is 2. The van der Waals surface area contributed by atoms with Gasteiger partial charge in [-0.25, -0.2) is 4.79 Å². The van der Waals surface area contributed by atoms with Crippen molar-refractivity contribution >= 4 is 17.8 Å². The number of carbonyl (C=O) groups is 3. The van der Waals surface area contributed by atoms with Gasteiger partial charge in [-0.1, -0.05) is 60.7 Å². The molecule has 176 valence electrons. The monoisotopic (exact) mass is 454 g/mol. The van der Waals surface area contributed by atoms with Gasteiger partial charge in [-0.2, -0.15) is 0 Å². The Morgan fingerprint density at radius 3 is 2.24 bits per heavy atom. The van der Waals surface area contributed by atoms with Gasteiger partial charge >= 0.3 is 5.97 Å².